The third-order valence-electron chi connectivity index (χ3n) is 7.85. The number of fused-ring (bicyclic) bond motifs is 6. The highest BCUT2D eigenvalue weighted by Crippen LogP contribution is 2.50. The Labute approximate surface area is 210 Å². The van der Waals surface area contributed by atoms with E-state index < -0.39 is 0 Å². The van der Waals surface area contributed by atoms with Gasteiger partial charge in [-0.2, -0.15) is 5.26 Å². The first-order valence-corrected chi connectivity index (χ1v) is 12.3. The largest absolute Gasteiger partial charge is 0.309 e. The molecule has 0 aliphatic heterocycles. The Morgan fingerprint density at radius 1 is 0.611 bits per heavy atom. The molecular formula is C34H24N2. The molecule has 1 aromatic heterocycles. The van der Waals surface area contributed by atoms with Gasteiger partial charge in [0.15, 0.2) is 0 Å². The van der Waals surface area contributed by atoms with E-state index in [-0.39, 0.29) is 5.41 Å². The quantitative estimate of drug-likeness (QED) is 0.254. The van der Waals surface area contributed by atoms with Crippen LogP contribution in [0.5, 0.6) is 0 Å². The summed E-state index contributed by atoms with van der Waals surface area (Å²) in [4.78, 5) is 0. The summed E-state index contributed by atoms with van der Waals surface area (Å²) in [5.41, 5.74) is 12.0. The van der Waals surface area contributed by atoms with Crippen LogP contribution in [0.25, 0.3) is 49.7 Å². The van der Waals surface area contributed by atoms with E-state index in [1.165, 1.54) is 44.1 Å². The fourth-order valence-corrected chi connectivity index (χ4v) is 5.98. The second-order valence-corrected chi connectivity index (χ2v) is 10.2. The zero-order valence-electron chi connectivity index (χ0n) is 20.3. The zero-order valence-corrected chi connectivity index (χ0v) is 20.3. The maximum absolute atomic E-state index is 9.10. The molecule has 0 radical (unpaired) electrons. The number of hydrogen-bond donors (Lipinski definition) is 0. The van der Waals surface area contributed by atoms with E-state index >= 15 is 0 Å². The smallest absolute Gasteiger partial charge is 0.0991 e. The highest BCUT2D eigenvalue weighted by molar-refractivity contribution is 6.11. The number of aromatic nitrogens is 1. The molecule has 0 unspecified atom stereocenters. The molecular weight excluding hydrogens is 436 g/mol. The lowest BCUT2D eigenvalue weighted by Crippen LogP contribution is -2.14. The van der Waals surface area contributed by atoms with Crippen molar-refractivity contribution in [1.82, 2.24) is 4.57 Å². The molecule has 0 saturated carbocycles. The summed E-state index contributed by atoms with van der Waals surface area (Å²) in [6.07, 6.45) is 0. The van der Waals surface area contributed by atoms with Crippen LogP contribution in [-0.2, 0) is 5.41 Å². The van der Waals surface area contributed by atoms with Gasteiger partial charge < -0.3 is 4.57 Å². The summed E-state index contributed by atoms with van der Waals surface area (Å²) in [5.74, 6) is 0. The summed E-state index contributed by atoms with van der Waals surface area (Å²) < 4.78 is 2.40. The van der Waals surface area contributed by atoms with Crippen LogP contribution in [0.1, 0.15) is 30.5 Å². The van der Waals surface area contributed by atoms with E-state index in [0.717, 1.165) is 16.8 Å². The zero-order chi connectivity index (χ0) is 24.4. The maximum Gasteiger partial charge on any atom is 0.0991 e. The summed E-state index contributed by atoms with van der Waals surface area (Å²) in [6, 6.07) is 41.1. The van der Waals surface area contributed by atoms with E-state index in [1.54, 1.807) is 0 Å². The number of rotatable bonds is 2. The molecule has 0 amide bonds. The van der Waals surface area contributed by atoms with Crippen LogP contribution in [0, 0.1) is 11.3 Å². The Hall–Kier alpha value is -4.61. The first kappa shape index (κ1) is 20.7. The van der Waals surface area contributed by atoms with Gasteiger partial charge in [-0.15, -0.1) is 0 Å². The molecule has 36 heavy (non-hydrogen) atoms. The summed E-state index contributed by atoms with van der Waals surface area (Å²) in [7, 11) is 0. The van der Waals surface area contributed by atoms with Gasteiger partial charge in [-0.1, -0.05) is 80.6 Å². The predicted octanol–water partition coefficient (Wildman–Crippen LogP) is 8.63. The van der Waals surface area contributed by atoms with Crippen molar-refractivity contribution in [3.8, 4) is 34.0 Å². The van der Waals surface area contributed by atoms with Crippen molar-refractivity contribution >= 4 is 21.8 Å². The van der Waals surface area contributed by atoms with Crippen molar-refractivity contribution in [3.63, 3.8) is 0 Å². The maximum atomic E-state index is 9.10. The standard InChI is InChI=1S/C34H24N2/c1-34(2)30-9-5-3-7-26(30)28-19-29-27-8-4-6-10-32(27)36(33(29)20-31(28)34)25-17-15-24(16-18-25)23-13-11-22(21-35)12-14-23/h3-20H,1-2H3. The van der Waals surface area contributed by atoms with Crippen LogP contribution in [0.3, 0.4) is 0 Å². The molecule has 2 heteroatoms. The molecule has 5 aromatic carbocycles. The lowest BCUT2D eigenvalue weighted by Gasteiger charge is -2.21. The minimum absolute atomic E-state index is 0.0408. The molecule has 1 aliphatic carbocycles. The minimum Gasteiger partial charge on any atom is -0.309 e. The lowest BCUT2D eigenvalue weighted by molar-refractivity contribution is 0.661. The lowest BCUT2D eigenvalue weighted by atomic mass is 9.82. The fourth-order valence-electron chi connectivity index (χ4n) is 5.98. The third kappa shape index (κ3) is 2.84. The third-order valence-corrected chi connectivity index (χ3v) is 7.85. The van der Waals surface area contributed by atoms with Gasteiger partial charge in [0.05, 0.1) is 22.7 Å². The van der Waals surface area contributed by atoms with Crippen molar-refractivity contribution in [2.24, 2.45) is 0 Å². The first-order chi connectivity index (χ1) is 17.6. The molecule has 2 nitrogen and oxygen atoms in total. The molecule has 170 valence electrons. The summed E-state index contributed by atoms with van der Waals surface area (Å²) >= 11 is 0. The number of nitrogens with zero attached hydrogens (tertiary/aromatic N) is 2. The Balaban J connectivity index is 1.44. The van der Waals surface area contributed by atoms with Crippen LogP contribution in [0.2, 0.25) is 0 Å². The SMILES string of the molecule is CC1(C)c2ccccc2-c2cc3c4ccccc4n(-c4ccc(-c5ccc(C#N)cc5)cc4)c3cc21. The normalized spacial score (nSPS) is 13.5. The topological polar surface area (TPSA) is 28.7 Å². The van der Waals surface area contributed by atoms with Crippen LogP contribution in [0.4, 0.5) is 0 Å². The van der Waals surface area contributed by atoms with Gasteiger partial charge in [-0.05, 0) is 75.8 Å². The van der Waals surface area contributed by atoms with E-state index in [9.17, 15) is 0 Å². The van der Waals surface area contributed by atoms with Crippen molar-refractivity contribution in [1.29, 1.82) is 5.26 Å². The monoisotopic (exact) mass is 460 g/mol. The first-order valence-electron chi connectivity index (χ1n) is 12.3. The van der Waals surface area contributed by atoms with Crippen molar-refractivity contribution < 1.29 is 0 Å². The van der Waals surface area contributed by atoms with Gasteiger partial charge in [0.2, 0.25) is 0 Å². The average Bonchev–Trinajstić information content (AvgIpc) is 3.37. The van der Waals surface area contributed by atoms with Crippen LogP contribution in [-0.4, -0.2) is 4.57 Å². The fraction of sp³-hybridized carbons (Fsp3) is 0.0882. The van der Waals surface area contributed by atoms with E-state index in [0.29, 0.717) is 5.56 Å². The Kier molecular flexibility index (Phi) is 4.29. The highest BCUT2D eigenvalue weighted by atomic mass is 15.0. The van der Waals surface area contributed by atoms with Gasteiger partial charge in [0, 0.05) is 21.9 Å². The molecule has 0 atom stereocenters. The molecule has 1 heterocycles. The van der Waals surface area contributed by atoms with Crippen LogP contribution in [0.15, 0.2) is 109 Å². The molecule has 1 aliphatic rings. The second kappa shape index (κ2) is 7.44. The van der Waals surface area contributed by atoms with E-state index in [2.05, 4.69) is 109 Å². The average molecular weight is 461 g/mol. The van der Waals surface area contributed by atoms with Gasteiger partial charge in [0.25, 0.3) is 0 Å². The predicted molar refractivity (Wildman–Crippen MR) is 148 cm³/mol. The second-order valence-electron chi connectivity index (χ2n) is 10.2. The van der Waals surface area contributed by atoms with Gasteiger partial charge in [-0.3, -0.25) is 0 Å². The van der Waals surface area contributed by atoms with E-state index in [1.807, 2.05) is 24.3 Å². The number of hydrogen-bond acceptors (Lipinski definition) is 1. The Morgan fingerprint density at radius 2 is 1.28 bits per heavy atom. The van der Waals surface area contributed by atoms with Crippen molar-refractivity contribution in [3.05, 3.63) is 126 Å². The van der Waals surface area contributed by atoms with E-state index in [4.69, 9.17) is 5.26 Å². The number of nitriles is 1. The molecule has 0 bridgehead atoms. The molecule has 0 saturated heterocycles. The van der Waals surface area contributed by atoms with Gasteiger partial charge in [0.1, 0.15) is 0 Å². The van der Waals surface area contributed by atoms with Crippen molar-refractivity contribution in [2.75, 3.05) is 0 Å². The number of benzene rings is 5. The summed E-state index contributed by atoms with van der Waals surface area (Å²) in [5, 5.41) is 11.7. The molecule has 7 rings (SSSR count). The van der Waals surface area contributed by atoms with Gasteiger partial charge >= 0.3 is 0 Å². The molecule has 0 spiro atoms. The van der Waals surface area contributed by atoms with Gasteiger partial charge in [-0.25, -0.2) is 0 Å². The summed E-state index contributed by atoms with van der Waals surface area (Å²) in [6.45, 7) is 4.67. The Morgan fingerprint density at radius 3 is 2.03 bits per heavy atom. The van der Waals surface area contributed by atoms with Crippen LogP contribution >= 0.6 is 0 Å². The van der Waals surface area contributed by atoms with Crippen molar-refractivity contribution in [2.45, 2.75) is 19.3 Å². The molecule has 0 fully saturated rings. The molecule has 0 N–H and O–H groups in total. The number of para-hydroxylation sites is 1. The Bertz CT molecular complexity index is 1840. The highest BCUT2D eigenvalue weighted by Gasteiger charge is 2.36. The van der Waals surface area contributed by atoms with Crippen LogP contribution < -0.4 is 0 Å². The molecule has 6 aromatic rings. The minimum atomic E-state index is -0.0408.